The van der Waals surface area contributed by atoms with E-state index in [2.05, 4.69) is 10.0 Å². The number of sulfonamides is 1. The highest BCUT2D eigenvalue weighted by Gasteiger charge is 2.20. The minimum atomic E-state index is -3.90. The molecule has 0 saturated heterocycles. The molecule has 0 atom stereocenters. The molecule has 1 aliphatic heterocycles. The fourth-order valence-electron chi connectivity index (χ4n) is 2.06. The van der Waals surface area contributed by atoms with Gasteiger partial charge >= 0.3 is 0 Å². The van der Waals surface area contributed by atoms with E-state index in [1.807, 2.05) is 0 Å². The van der Waals surface area contributed by atoms with E-state index in [-0.39, 0.29) is 17.4 Å². The number of amides is 1. The fraction of sp³-hybridized carbons (Fsp3) is 0.133. The number of hydrogen-bond acceptors (Lipinski definition) is 5. The smallest absolute Gasteiger partial charge is 0.241 e. The lowest BCUT2D eigenvalue weighted by Gasteiger charge is -2.08. The zero-order chi connectivity index (χ0) is 17.2. The first-order chi connectivity index (χ1) is 11.4. The van der Waals surface area contributed by atoms with E-state index in [0.717, 1.165) is 6.07 Å². The van der Waals surface area contributed by atoms with E-state index in [1.54, 1.807) is 0 Å². The molecule has 1 aliphatic rings. The van der Waals surface area contributed by atoms with Gasteiger partial charge in [0.05, 0.1) is 11.4 Å². The van der Waals surface area contributed by atoms with Crippen molar-refractivity contribution in [3.8, 4) is 11.5 Å². The maximum atomic E-state index is 13.0. The molecule has 7 nitrogen and oxygen atoms in total. The van der Waals surface area contributed by atoms with Crippen LogP contribution in [0.3, 0.4) is 0 Å². The highest BCUT2D eigenvalue weighted by atomic mass is 32.2. The number of fused-ring (bicyclic) bond motifs is 1. The molecule has 0 aromatic heterocycles. The van der Waals surface area contributed by atoms with Crippen LogP contribution in [0.1, 0.15) is 0 Å². The number of hydrogen-bond donors (Lipinski definition) is 2. The summed E-state index contributed by atoms with van der Waals surface area (Å²) in [6.07, 6.45) is 0. The van der Waals surface area contributed by atoms with Gasteiger partial charge in [0.2, 0.25) is 22.7 Å². The number of ether oxygens (including phenoxy) is 2. The first kappa shape index (κ1) is 16.2. The van der Waals surface area contributed by atoms with Gasteiger partial charge in [-0.3, -0.25) is 4.79 Å². The van der Waals surface area contributed by atoms with Gasteiger partial charge < -0.3 is 14.8 Å². The van der Waals surface area contributed by atoms with Gasteiger partial charge in [-0.2, -0.15) is 0 Å². The SMILES string of the molecule is O=C(CNS(=O)(=O)c1ccc2c(c1)OCO2)Nc1cccc(F)c1. The number of carbonyl (C=O) groups is 1. The van der Waals surface area contributed by atoms with Crippen LogP contribution >= 0.6 is 0 Å². The van der Waals surface area contributed by atoms with Crippen LogP contribution in [0.25, 0.3) is 0 Å². The fourth-order valence-corrected chi connectivity index (χ4v) is 3.06. The Hall–Kier alpha value is -2.65. The average Bonchev–Trinajstić information content (AvgIpc) is 3.01. The van der Waals surface area contributed by atoms with Crippen LogP contribution in [-0.2, 0) is 14.8 Å². The molecule has 9 heteroatoms. The molecule has 0 bridgehead atoms. The molecule has 2 N–H and O–H groups in total. The Kier molecular flexibility index (Phi) is 4.36. The standard InChI is InChI=1S/C15H13FN2O5S/c16-10-2-1-3-11(6-10)18-15(19)8-17-24(20,21)12-4-5-13-14(7-12)23-9-22-13/h1-7,17H,8-9H2,(H,18,19). The molecule has 24 heavy (non-hydrogen) atoms. The summed E-state index contributed by atoms with van der Waals surface area (Å²) < 4.78 is 49.8. The van der Waals surface area contributed by atoms with Crippen LogP contribution in [0.2, 0.25) is 0 Å². The maximum Gasteiger partial charge on any atom is 0.241 e. The van der Waals surface area contributed by atoms with Crippen LogP contribution in [0.15, 0.2) is 47.4 Å². The lowest BCUT2D eigenvalue weighted by atomic mass is 10.3. The molecule has 3 rings (SSSR count). The summed E-state index contributed by atoms with van der Waals surface area (Å²) in [6.45, 7) is -0.463. The Labute approximate surface area is 137 Å². The van der Waals surface area contributed by atoms with Crippen molar-refractivity contribution in [2.45, 2.75) is 4.90 Å². The monoisotopic (exact) mass is 352 g/mol. The predicted octanol–water partition coefficient (Wildman–Crippen LogP) is 1.47. The van der Waals surface area contributed by atoms with Gasteiger partial charge in [0.25, 0.3) is 0 Å². The molecular formula is C15H13FN2O5S. The minimum Gasteiger partial charge on any atom is -0.454 e. The van der Waals surface area contributed by atoms with E-state index in [1.165, 1.54) is 36.4 Å². The van der Waals surface area contributed by atoms with Gasteiger partial charge in [-0.1, -0.05) is 6.07 Å². The second kappa shape index (κ2) is 6.46. The van der Waals surface area contributed by atoms with Crippen molar-refractivity contribution in [3.63, 3.8) is 0 Å². The van der Waals surface area contributed by atoms with Gasteiger partial charge in [0, 0.05) is 11.8 Å². The number of benzene rings is 2. The summed E-state index contributed by atoms with van der Waals surface area (Å²) in [7, 11) is -3.90. The number of anilines is 1. The highest BCUT2D eigenvalue weighted by molar-refractivity contribution is 7.89. The Morgan fingerprint density at radius 2 is 1.92 bits per heavy atom. The first-order valence-electron chi connectivity index (χ1n) is 6.89. The zero-order valence-electron chi connectivity index (χ0n) is 12.3. The Balaban J connectivity index is 1.63. The number of halogens is 1. The van der Waals surface area contributed by atoms with Crippen LogP contribution in [0, 0.1) is 5.82 Å². The van der Waals surface area contributed by atoms with Gasteiger partial charge in [-0.05, 0) is 30.3 Å². The lowest BCUT2D eigenvalue weighted by Crippen LogP contribution is -2.32. The molecule has 126 valence electrons. The Morgan fingerprint density at radius 1 is 1.12 bits per heavy atom. The van der Waals surface area contributed by atoms with Gasteiger partial charge in [0.15, 0.2) is 11.5 Å². The Bertz CT molecular complexity index is 885. The van der Waals surface area contributed by atoms with Gasteiger partial charge in [-0.15, -0.1) is 0 Å². The molecule has 0 aliphatic carbocycles. The zero-order valence-corrected chi connectivity index (χ0v) is 13.1. The summed E-state index contributed by atoms with van der Waals surface area (Å²) in [5.41, 5.74) is 0.238. The van der Waals surface area contributed by atoms with Gasteiger partial charge in [0.1, 0.15) is 5.82 Å². The minimum absolute atomic E-state index is 0.0301. The molecular weight excluding hydrogens is 339 g/mol. The summed E-state index contributed by atoms with van der Waals surface area (Å²) in [5.74, 6) is -0.349. The summed E-state index contributed by atoms with van der Waals surface area (Å²) in [4.78, 5) is 11.7. The third-order valence-electron chi connectivity index (χ3n) is 3.19. The molecule has 1 heterocycles. The quantitative estimate of drug-likeness (QED) is 0.850. The topological polar surface area (TPSA) is 93.7 Å². The third-order valence-corrected chi connectivity index (χ3v) is 4.58. The lowest BCUT2D eigenvalue weighted by molar-refractivity contribution is -0.115. The average molecular weight is 352 g/mol. The van der Waals surface area contributed by atoms with Crippen molar-refractivity contribution in [1.82, 2.24) is 4.72 Å². The van der Waals surface area contributed by atoms with Crippen molar-refractivity contribution < 1.29 is 27.1 Å². The van der Waals surface area contributed by atoms with E-state index in [9.17, 15) is 17.6 Å². The van der Waals surface area contributed by atoms with Crippen molar-refractivity contribution >= 4 is 21.6 Å². The van der Waals surface area contributed by atoms with Crippen LogP contribution in [0.4, 0.5) is 10.1 Å². The molecule has 0 spiro atoms. The highest BCUT2D eigenvalue weighted by Crippen LogP contribution is 2.33. The van der Waals surface area contributed by atoms with Crippen LogP contribution < -0.4 is 19.5 Å². The maximum absolute atomic E-state index is 13.0. The molecule has 1 amide bonds. The number of carbonyl (C=O) groups excluding carboxylic acids is 1. The second-order valence-electron chi connectivity index (χ2n) is 4.90. The largest absolute Gasteiger partial charge is 0.454 e. The first-order valence-corrected chi connectivity index (χ1v) is 8.37. The number of nitrogens with one attached hydrogen (secondary N) is 2. The summed E-state index contributed by atoms with van der Waals surface area (Å²) >= 11 is 0. The molecule has 0 fully saturated rings. The van der Waals surface area contributed by atoms with Crippen molar-refractivity contribution in [1.29, 1.82) is 0 Å². The van der Waals surface area contributed by atoms with E-state index in [0.29, 0.717) is 11.5 Å². The third kappa shape index (κ3) is 3.63. The molecule has 2 aromatic carbocycles. The molecule has 0 saturated carbocycles. The van der Waals surface area contributed by atoms with E-state index in [4.69, 9.17) is 9.47 Å². The summed E-state index contributed by atoms with van der Waals surface area (Å²) in [5, 5.41) is 2.40. The molecule has 0 unspecified atom stereocenters. The Morgan fingerprint density at radius 3 is 2.71 bits per heavy atom. The predicted molar refractivity (Wildman–Crippen MR) is 82.8 cm³/mol. The summed E-state index contributed by atoms with van der Waals surface area (Å²) in [6, 6.07) is 9.43. The van der Waals surface area contributed by atoms with Crippen molar-refractivity contribution in [2.24, 2.45) is 0 Å². The van der Waals surface area contributed by atoms with E-state index < -0.39 is 28.3 Å². The normalized spacial score (nSPS) is 12.9. The number of rotatable bonds is 5. The van der Waals surface area contributed by atoms with Crippen LogP contribution in [0.5, 0.6) is 11.5 Å². The van der Waals surface area contributed by atoms with Gasteiger partial charge in [-0.25, -0.2) is 17.5 Å². The van der Waals surface area contributed by atoms with Crippen molar-refractivity contribution in [2.75, 3.05) is 18.7 Å². The second-order valence-corrected chi connectivity index (χ2v) is 6.67. The van der Waals surface area contributed by atoms with Crippen molar-refractivity contribution in [3.05, 3.63) is 48.3 Å². The van der Waals surface area contributed by atoms with Crippen LogP contribution in [-0.4, -0.2) is 27.7 Å². The molecule has 0 radical (unpaired) electrons. The van der Waals surface area contributed by atoms with E-state index >= 15 is 0 Å². The molecule has 2 aromatic rings.